The van der Waals surface area contributed by atoms with Crippen molar-refractivity contribution in [2.75, 3.05) is 17.9 Å². The largest absolute Gasteiger partial charge is 0.377 e. The van der Waals surface area contributed by atoms with Crippen LogP contribution in [0.15, 0.2) is 42.6 Å². The highest BCUT2D eigenvalue weighted by molar-refractivity contribution is 7.93. The van der Waals surface area contributed by atoms with E-state index < -0.39 is 10.0 Å². The van der Waals surface area contributed by atoms with Crippen LogP contribution in [-0.2, 0) is 27.7 Å². The van der Waals surface area contributed by atoms with Crippen LogP contribution < -0.4 is 10.0 Å². The van der Waals surface area contributed by atoms with Gasteiger partial charge in [0.25, 0.3) is 0 Å². The molecular weight excluding hydrogens is 352 g/mol. The van der Waals surface area contributed by atoms with E-state index in [-0.39, 0.29) is 16.7 Å². The van der Waals surface area contributed by atoms with Crippen LogP contribution in [0.25, 0.3) is 0 Å². The molecule has 1 aromatic carbocycles. The molecule has 7 nitrogen and oxygen atoms in total. The van der Waals surface area contributed by atoms with Crippen LogP contribution in [0, 0.1) is 0 Å². The molecule has 1 aliphatic heterocycles. The number of hydrogen-bond acceptors (Lipinski definition) is 6. The Balaban J connectivity index is 1.42. The fraction of sp³-hybridized carbons (Fsp3) is 0.444. The number of nitrogens with one attached hydrogen (secondary N) is 2. The Morgan fingerprint density at radius 2 is 1.92 bits per heavy atom. The average molecular weight is 374 g/mol. The third kappa shape index (κ3) is 4.03. The van der Waals surface area contributed by atoms with Gasteiger partial charge in [0.15, 0.2) is 0 Å². The van der Waals surface area contributed by atoms with E-state index in [1.165, 1.54) is 5.56 Å². The second-order valence-corrected chi connectivity index (χ2v) is 8.97. The standard InChI is InChI=1S/C18H22N4O3S/c23-26(24,16-6-7-16)22-17-19-9-8-15(21-17)10-18(12-25-13-18)20-11-14-4-2-1-3-5-14/h1-5,8-9,16,20H,6-7,10-13H2,(H,19,21,22). The molecule has 2 fully saturated rings. The van der Waals surface area contributed by atoms with Gasteiger partial charge in [-0.15, -0.1) is 0 Å². The van der Waals surface area contributed by atoms with E-state index >= 15 is 0 Å². The molecule has 1 aliphatic carbocycles. The second-order valence-electron chi connectivity index (χ2n) is 7.01. The summed E-state index contributed by atoms with van der Waals surface area (Å²) in [6.07, 6.45) is 3.66. The lowest BCUT2D eigenvalue weighted by Crippen LogP contribution is -2.61. The molecule has 1 saturated heterocycles. The lowest BCUT2D eigenvalue weighted by atomic mass is 9.90. The van der Waals surface area contributed by atoms with E-state index in [4.69, 9.17) is 4.74 Å². The maximum Gasteiger partial charge on any atom is 0.237 e. The van der Waals surface area contributed by atoms with Crippen LogP contribution in [0.1, 0.15) is 24.1 Å². The summed E-state index contributed by atoms with van der Waals surface area (Å²) < 4.78 is 32.1. The molecule has 2 aliphatic rings. The van der Waals surface area contributed by atoms with Crippen molar-refractivity contribution in [3.8, 4) is 0 Å². The van der Waals surface area contributed by atoms with E-state index in [0.29, 0.717) is 32.5 Å². The average Bonchev–Trinajstić information content (AvgIpc) is 3.44. The molecule has 0 unspecified atom stereocenters. The molecular formula is C18H22N4O3S. The van der Waals surface area contributed by atoms with Gasteiger partial charge in [-0.2, -0.15) is 0 Å². The summed E-state index contributed by atoms with van der Waals surface area (Å²) in [4.78, 5) is 8.44. The Morgan fingerprint density at radius 1 is 1.15 bits per heavy atom. The van der Waals surface area contributed by atoms with E-state index in [2.05, 4.69) is 32.1 Å². The Hall–Kier alpha value is -2.03. The highest BCUT2D eigenvalue weighted by Crippen LogP contribution is 2.29. The maximum absolute atomic E-state index is 12.1. The monoisotopic (exact) mass is 374 g/mol. The molecule has 26 heavy (non-hydrogen) atoms. The molecule has 2 N–H and O–H groups in total. The summed E-state index contributed by atoms with van der Waals surface area (Å²) in [5.74, 6) is 0.146. The number of hydrogen-bond donors (Lipinski definition) is 2. The summed E-state index contributed by atoms with van der Waals surface area (Å²) in [5, 5.41) is 3.27. The quantitative estimate of drug-likeness (QED) is 0.727. The van der Waals surface area contributed by atoms with Gasteiger partial charge in [-0.05, 0) is 24.5 Å². The number of aromatic nitrogens is 2. The third-order valence-corrected chi connectivity index (χ3v) is 6.51. The highest BCUT2D eigenvalue weighted by atomic mass is 32.2. The molecule has 1 aromatic heterocycles. The Bertz CT molecular complexity index is 865. The minimum Gasteiger partial charge on any atom is -0.377 e. The zero-order valence-electron chi connectivity index (χ0n) is 14.4. The molecule has 0 bridgehead atoms. The van der Waals surface area contributed by atoms with Crippen LogP contribution in [-0.4, -0.2) is 42.4 Å². The van der Waals surface area contributed by atoms with E-state index in [9.17, 15) is 8.42 Å². The van der Waals surface area contributed by atoms with Crippen LogP contribution in [0.2, 0.25) is 0 Å². The van der Waals surface area contributed by atoms with Crippen molar-refractivity contribution < 1.29 is 13.2 Å². The molecule has 1 saturated carbocycles. The summed E-state index contributed by atoms with van der Waals surface area (Å²) in [5.41, 5.74) is 1.81. The first-order valence-corrected chi connectivity index (χ1v) is 10.3. The molecule has 138 valence electrons. The number of anilines is 1. The summed E-state index contributed by atoms with van der Waals surface area (Å²) in [7, 11) is -3.35. The molecule has 2 aromatic rings. The van der Waals surface area contributed by atoms with Crippen molar-refractivity contribution in [1.82, 2.24) is 15.3 Å². The number of sulfonamides is 1. The number of benzene rings is 1. The van der Waals surface area contributed by atoms with Crippen molar-refractivity contribution in [3.63, 3.8) is 0 Å². The lowest BCUT2D eigenvalue weighted by molar-refractivity contribution is -0.0753. The zero-order chi connectivity index (χ0) is 18.0. The highest BCUT2D eigenvalue weighted by Gasteiger charge is 2.39. The summed E-state index contributed by atoms with van der Waals surface area (Å²) >= 11 is 0. The Kier molecular flexibility index (Phi) is 4.64. The predicted molar refractivity (Wildman–Crippen MR) is 98.1 cm³/mol. The molecule has 0 radical (unpaired) electrons. The first-order valence-electron chi connectivity index (χ1n) is 8.75. The van der Waals surface area contributed by atoms with Crippen molar-refractivity contribution in [2.45, 2.75) is 36.6 Å². The van der Waals surface area contributed by atoms with Crippen molar-refractivity contribution >= 4 is 16.0 Å². The van der Waals surface area contributed by atoms with Crippen molar-refractivity contribution in [1.29, 1.82) is 0 Å². The van der Waals surface area contributed by atoms with Gasteiger partial charge < -0.3 is 10.1 Å². The first-order chi connectivity index (χ1) is 12.5. The van der Waals surface area contributed by atoms with Gasteiger partial charge in [0.1, 0.15) is 0 Å². The fourth-order valence-electron chi connectivity index (χ4n) is 2.98. The van der Waals surface area contributed by atoms with E-state index in [1.807, 2.05) is 24.3 Å². The summed E-state index contributed by atoms with van der Waals surface area (Å²) in [6.45, 7) is 1.95. The number of nitrogens with zero attached hydrogens (tertiary/aromatic N) is 2. The Morgan fingerprint density at radius 3 is 2.58 bits per heavy atom. The molecule has 0 atom stereocenters. The molecule has 2 heterocycles. The van der Waals surface area contributed by atoms with Gasteiger partial charge in [0.05, 0.1) is 24.0 Å². The van der Waals surface area contributed by atoms with Gasteiger partial charge in [-0.3, -0.25) is 4.72 Å². The van der Waals surface area contributed by atoms with Crippen LogP contribution in [0.3, 0.4) is 0 Å². The smallest absolute Gasteiger partial charge is 0.237 e. The SMILES string of the molecule is O=S(=O)(Nc1nccc(CC2(NCc3ccccc3)COC2)n1)C1CC1. The van der Waals surface area contributed by atoms with Crippen LogP contribution in [0.5, 0.6) is 0 Å². The normalized spacial score (nSPS) is 18.9. The number of rotatable bonds is 8. The molecule has 0 amide bonds. The van der Waals surface area contributed by atoms with E-state index in [0.717, 1.165) is 12.2 Å². The Labute approximate surface area is 153 Å². The zero-order valence-corrected chi connectivity index (χ0v) is 15.2. The maximum atomic E-state index is 12.1. The summed E-state index contributed by atoms with van der Waals surface area (Å²) in [6, 6.07) is 12.0. The van der Waals surface area contributed by atoms with Crippen LogP contribution >= 0.6 is 0 Å². The lowest BCUT2D eigenvalue weighted by Gasteiger charge is -2.42. The minimum atomic E-state index is -3.35. The molecule has 8 heteroatoms. The van der Waals surface area contributed by atoms with Crippen LogP contribution in [0.4, 0.5) is 5.95 Å². The minimum absolute atomic E-state index is 0.146. The predicted octanol–water partition coefficient (Wildman–Crippen LogP) is 1.48. The first kappa shape index (κ1) is 17.4. The third-order valence-electron chi connectivity index (χ3n) is 4.70. The molecule has 4 rings (SSSR count). The fourth-order valence-corrected chi connectivity index (χ4v) is 4.26. The topological polar surface area (TPSA) is 93.2 Å². The van der Waals surface area contributed by atoms with Gasteiger partial charge in [0.2, 0.25) is 16.0 Å². The second kappa shape index (κ2) is 6.94. The number of ether oxygens (including phenoxy) is 1. The van der Waals surface area contributed by atoms with Gasteiger partial charge in [0, 0.05) is 24.9 Å². The van der Waals surface area contributed by atoms with Gasteiger partial charge in [-0.1, -0.05) is 30.3 Å². The van der Waals surface area contributed by atoms with Crippen molar-refractivity contribution in [2.24, 2.45) is 0 Å². The van der Waals surface area contributed by atoms with E-state index in [1.54, 1.807) is 6.20 Å². The van der Waals surface area contributed by atoms with Gasteiger partial charge in [-0.25, -0.2) is 18.4 Å². The molecule has 0 spiro atoms. The van der Waals surface area contributed by atoms with Crippen molar-refractivity contribution in [3.05, 3.63) is 53.9 Å². The van der Waals surface area contributed by atoms with Gasteiger partial charge >= 0.3 is 0 Å².